The first kappa shape index (κ1) is 17.0. The van der Waals surface area contributed by atoms with Crippen LogP contribution in [-0.2, 0) is 10.0 Å². The predicted octanol–water partition coefficient (Wildman–Crippen LogP) is 2.67. The first-order valence-corrected chi connectivity index (χ1v) is 8.94. The quantitative estimate of drug-likeness (QED) is 0.865. The van der Waals surface area contributed by atoms with Crippen molar-refractivity contribution < 1.29 is 13.2 Å². The van der Waals surface area contributed by atoms with Crippen molar-refractivity contribution in [2.45, 2.75) is 6.92 Å². The van der Waals surface area contributed by atoms with Gasteiger partial charge in [-0.2, -0.15) is 0 Å². The van der Waals surface area contributed by atoms with Crippen LogP contribution in [0.2, 0.25) is 0 Å². The summed E-state index contributed by atoms with van der Waals surface area (Å²) in [4.78, 5) is 14.2. The number of hydrogen-bond donors (Lipinski definition) is 0. The number of carbonyl (C=O) groups is 1. The fourth-order valence-electron chi connectivity index (χ4n) is 2.22. The molecule has 0 saturated heterocycles. The first-order valence-electron chi connectivity index (χ1n) is 7.09. The van der Waals surface area contributed by atoms with E-state index in [9.17, 15) is 13.2 Å². The van der Waals surface area contributed by atoms with E-state index >= 15 is 0 Å². The first-order chi connectivity index (χ1) is 10.7. The van der Waals surface area contributed by atoms with Gasteiger partial charge in [0.05, 0.1) is 11.9 Å². The molecule has 0 unspecified atom stereocenters. The van der Waals surface area contributed by atoms with E-state index in [-0.39, 0.29) is 5.91 Å². The minimum Gasteiger partial charge on any atom is -0.311 e. The summed E-state index contributed by atoms with van der Waals surface area (Å²) in [6.07, 6.45) is 1.14. The Hall–Kier alpha value is -2.34. The second-order valence-electron chi connectivity index (χ2n) is 5.43. The van der Waals surface area contributed by atoms with Crippen LogP contribution in [-0.4, -0.2) is 34.7 Å². The third-order valence-corrected chi connectivity index (χ3v) is 4.93. The summed E-state index contributed by atoms with van der Waals surface area (Å²) in [7, 11) is -0.214. The molecule has 0 atom stereocenters. The van der Waals surface area contributed by atoms with E-state index in [1.807, 2.05) is 37.3 Å². The minimum absolute atomic E-state index is 0.195. The molecule has 0 aliphatic heterocycles. The molecule has 0 bridgehead atoms. The van der Waals surface area contributed by atoms with E-state index in [0.29, 0.717) is 11.3 Å². The number of carbonyl (C=O) groups excluding carboxylic acids is 1. The summed E-state index contributed by atoms with van der Waals surface area (Å²) in [5, 5.41) is 0. The largest absolute Gasteiger partial charge is 0.311 e. The van der Waals surface area contributed by atoms with Gasteiger partial charge in [-0.05, 0) is 36.8 Å². The average molecular weight is 332 g/mol. The normalized spacial score (nSPS) is 11.1. The molecule has 1 amide bonds. The minimum atomic E-state index is -3.38. The lowest BCUT2D eigenvalue weighted by atomic mass is 10.1. The molecule has 0 aliphatic rings. The van der Waals surface area contributed by atoms with Crippen LogP contribution in [0, 0.1) is 6.92 Å². The van der Waals surface area contributed by atoms with E-state index in [1.165, 1.54) is 16.3 Å². The van der Waals surface area contributed by atoms with Gasteiger partial charge in [0.2, 0.25) is 10.0 Å². The summed E-state index contributed by atoms with van der Waals surface area (Å²) in [5.41, 5.74) is 2.50. The Morgan fingerprint density at radius 3 is 2.17 bits per heavy atom. The van der Waals surface area contributed by atoms with Crippen molar-refractivity contribution in [1.29, 1.82) is 0 Å². The summed E-state index contributed by atoms with van der Waals surface area (Å²) >= 11 is 0. The van der Waals surface area contributed by atoms with Crippen LogP contribution >= 0.6 is 0 Å². The van der Waals surface area contributed by atoms with Gasteiger partial charge in [0.1, 0.15) is 0 Å². The Balaban J connectivity index is 2.39. The second kappa shape index (κ2) is 6.42. The molecular weight excluding hydrogens is 312 g/mol. The monoisotopic (exact) mass is 332 g/mol. The molecule has 0 N–H and O–H groups in total. The van der Waals surface area contributed by atoms with Crippen molar-refractivity contribution in [3.8, 4) is 0 Å². The number of nitrogens with zero attached hydrogens (tertiary/aromatic N) is 2. The average Bonchev–Trinajstić information content (AvgIpc) is 2.53. The maximum atomic E-state index is 12.6. The molecule has 0 spiro atoms. The Morgan fingerprint density at radius 1 is 1.00 bits per heavy atom. The molecule has 2 rings (SSSR count). The molecule has 2 aromatic rings. The number of anilines is 2. The molecule has 0 aliphatic carbocycles. The lowest BCUT2D eigenvalue weighted by molar-refractivity contribution is 0.0993. The van der Waals surface area contributed by atoms with Crippen molar-refractivity contribution in [1.82, 2.24) is 0 Å². The SMILES string of the molecule is Cc1ccc(C(=O)N(C)c2ccccc2)cc1N(C)S(C)(=O)=O. The highest BCUT2D eigenvalue weighted by molar-refractivity contribution is 7.92. The van der Waals surface area contributed by atoms with Gasteiger partial charge in [0.25, 0.3) is 5.91 Å². The molecule has 6 heteroatoms. The summed E-state index contributed by atoms with van der Waals surface area (Å²) < 4.78 is 24.7. The number of hydrogen-bond acceptors (Lipinski definition) is 3. The number of benzene rings is 2. The van der Waals surface area contributed by atoms with Crippen LogP contribution in [0.1, 0.15) is 15.9 Å². The molecular formula is C17H20N2O3S. The molecule has 0 saturated carbocycles. The zero-order valence-electron chi connectivity index (χ0n) is 13.6. The summed E-state index contributed by atoms with van der Waals surface area (Å²) in [5.74, 6) is -0.195. The van der Waals surface area contributed by atoms with E-state index in [1.54, 1.807) is 25.2 Å². The van der Waals surface area contributed by atoms with Gasteiger partial charge in [0.15, 0.2) is 0 Å². The lowest BCUT2D eigenvalue weighted by Gasteiger charge is -2.21. The molecule has 5 nitrogen and oxygen atoms in total. The van der Waals surface area contributed by atoms with E-state index in [4.69, 9.17) is 0 Å². The molecule has 122 valence electrons. The molecule has 0 heterocycles. The number of amides is 1. The highest BCUT2D eigenvalue weighted by atomic mass is 32.2. The molecule has 0 aromatic heterocycles. The van der Waals surface area contributed by atoms with Gasteiger partial charge in [-0.15, -0.1) is 0 Å². The van der Waals surface area contributed by atoms with Crippen LogP contribution in [0.25, 0.3) is 0 Å². The number of para-hydroxylation sites is 1. The highest BCUT2D eigenvalue weighted by Gasteiger charge is 2.18. The van der Waals surface area contributed by atoms with Crippen LogP contribution in [0.5, 0.6) is 0 Å². The van der Waals surface area contributed by atoms with Crippen molar-refractivity contribution in [3.05, 3.63) is 59.7 Å². The second-order valence-corrected chi connectivity index (χ2v) is 7.45. The fraction of sp³-hybridized carbons (Fsp3) is 0.235. The predicted molar refractivity (Wildman–Crippen MR) is 93.6 cm³/mol. The van der Waals surface area contributed by atoms with Crippen LogP contribution in [0.3, 0.4) is 0 Å². The van der Waals surface area contributed by atoms with Gasteiger partial charge in [-0.25, -0.2) is 8.42 Å². The van der Waals surface area contributed by atoms with E-state index < -0.39 is 10.0 Å². The maximum absolute atomic E-state index is 12.6. The Kier molecular flexibility index (Phi) is 4.75. The maximum Gasteiger partial charge on any atom is 0.258 e. The standard InChI is InChI=1S/C17H20N2O3S/c1-13-10-11-14(12-16(13)19(3)23(4,21)22)17(20)18(2)15-8-6-5-7-9-15/h5-12H,1-4H3. The van der Waals surface area contributed by atoms with E-state index in [2.05, 4.69) is 0 Å². The zero-order chi connectivity index (χ0) is 17.2. The van der Waals surface area contributed by atoms with Crippen molar-refractivity contribution in [3.63, 3.8) is 0 Å². The molecule has 23 heavy (non-hydrogen) atoms. The summed E-state index contributed by atoms with van der Waals surface area (Å²) in [6.45, 7) is 1.81. The third kappa shape index (κ3) is 3.71. The topological polar surface area (TPSA) is 57.7 Å². The summed E-state index contributed by atoms with van der Waals surface area (Å²) in [6, 6.07) is 14.4. The van der Waals surface area contributed by atoms with Crippen molar-refractivity contribution in [2.75, 3.05) is 29.6 Å². The van der Waals surface area contributed by atoms with Crippen LogP contribution < -0.4 is 9.21 Å². The zero-order valence-corrected chi connectivity index (χ0v) is 14.5. The van der Waals surface area contributed by atoms with Crippen molar-refractivity contribution in [2.24, 2.45) is 0 Å². The van der Waals surface area contributed by atoms with Crippen LogP contribution in [0.15, 0.2) is 48.5 Å². The Labute approximate surface area is 137 Å². The smallest absolute Gasteiger partial charge is 0.258 e. The van der Waals surface area contributed by atoms with Crippen LogP contribution in [0.4, 0.5) is 11.4 Å². The Bertz CT molecular complexity index is 817. The fourth-order valence-corrected chi connectivity index (χ4v) is 2.78. The number of rotatable bonds is 4. The van der Waals surface area contributed by atoms with Gasteiger partial charge < -0.3 is 4.90 Å². The highest BCUT2D eigenvalue weighted by Crippen LogP contribution is 2.24. The van der Waals surface area contributed by atoms with E-state index in [0.717, 1.165) is 17.5 Å². The lowest BCUT2D eigenvalue weighted by Crippen LogP contribution is -2.28. The molecule has 0 fully saturated rings. The Morgan fingerprint density at radius 2 is 1.61 bits per heavy atom. The third-order valence-electron chi connectivity index (χ3n) is 3.74. The molecule has 2 aromatic carbocycles. The van der Waals surface area contributed by atoms with Gasteiger partial charge in [-0.1, -0.05) is 24.3 Å². The van der Waals surface area contributed by atoms with Gasteiger partial charge in [0, 0.05) is 25.3 Å². The van der Waals surface area contributed by atoms with Gasteiger partial charge >= 0.3 is 0 Å². The number of sulfonamides is 1. The molecule has 0 radical (unpaired) electrons. The number of aryl methyl sites for hydroxylation is 1. The van der Waals surface area contributed by atoms with Crippen molar-refractivity contribution >= 4 is 27.3 Å². The van der Waals surface area contributed by atoms with Gasteiger partial charge in [-0.3, -0.25) is 9.10 Å².